The van der Waals surface area contributed by atoms with Gasteiger partial charge in [-0.1, -0.05) is 115 Å². The minimum atomic E-state index is 0.430. The molecule has 4 aliphatic rings. The van der Waals surface area contributed by atoms with Crippen molar-refractivity contribution in [2.24, 2.45) is 17.8 Å². The van der Waals surface area contributed by atoms with Crippen molar-refractivity contribution >= 4 is 11.1 Å². The molecule has 0 saturated heterocycles. The van der Waals surface area contributed by atoms with Crippen molar-refractivity contribution in [1.29, 1.82) is 0 Å². The molecule has 4 aliphatic carbocycles. The molecule has 5 aromatic carbocycles. The molecule has 5 nitrogen and oxygen atoms in total. The Balaban J connectivity index is 0.971. The van der Waals surface area contributed by atoms with Gasteiger partial charge in [0.15, 0.2) is 29.4 Å². The summed E-state index contributed by atoms with van der Waals surface area (Å²) >= 11 is 0. The van der Waals surface area contributed by atoms with E-state index in [0.717, 1.165) is 51.1 Å². The molecule has 0 N–H and O–H groups in total. The summed E-state index contributed by atoms with van der Waals surface area (Å²) < 4.78 is 6.04. The first-order valence-electron chi connectivity index (χ1n) is 17.6. The number of fused-ring (bicyclic) bond motifs is 1. The van der Waals surface area contributed by atoms with E-state index in [-0.39, 0.29) is 0 Å². The first-order chi connectivity index (χ1) is 24.2. The minimum Gasteiger partial charge on any atom is -0.443 e. The van der Waals surface area contributed by atoms with Gasteiger partial charge >= 0.3 is 0 Å². The molecule has 2 heterocycles. The SMILES string of the molecule is c1ccc(-c2nc(-c3ccccc3)nc(-c3ccc(-c4ccc(-c5ccc(C67CC8CC(CC(C8)C6)C7)cc5)cc4)c4ncoc34)n2)cc1. The number of nitrogens with zero attached hydrogens (tertiary/aromatic N) is 4. The second kappa shape index (κ2) is 11.3. The summed E-state index contributed by atoms with van der Waals surface area (Å²) in [7, 11) is 0. The van der Waals surface area contributed by atoms with Crippen molar-refractivity contribution in [3.05, 3.63) is 133 Å². The minimum absolute atomic E-state index is 0.430. The van der Waals surface area contributed by atoms with Crippen LogP contribution in [-0.4, -0.2) is 19.9 Å². The highest BCUT2D eigenvalue weighted by molar-refractivity contribution is 5.98. The highest BCUT2D eigenvalue weighted by atomic mass is 16.3. The van der Waals surface area contributed by atoms with E-state index in [0.29, 0.717) is 28.5 Å². The monoisotopic (exact) mass is 636 g/mol. The molecule has 4 saturated carbocycles. The number of aromatic nitrogens is 4. The van der Waals surface area contributed by atoms with Crippen molar-refractivity contribution in [1.82, 2.24) is 19.9 Å². The van der Waals surface area contributed by atoms with Gasteiger partial charge < -0.3 is 4.42 Å². The Bertz CT molecular complexity index is 2200. The fourth-order valence-electron chi connectivity index (χ4n) is 9.61. The summed E-state index contributed by atoms with van der Waals surface area (Å²) in [5.74, 6) is 4.65. The van der Waals surface area contributed by atoms with E-state index in [4.69, 9.17) is 19.4 Å². The van der Waals surface area contributed by atoms with Gasteiger partial charge in [0, 0.05) is 16.7 Å². The van der Waals surface area contributed by atoms with Gasteiger partial charge in [-0.2, -0.15) is 0 Å². The van der Waals surface area contributed by atoms with Gasteiger partial charge in [0.25, 0.3) is 0 Å². The molecule has 0 amide bonds. The van der Waals surface area contributed by atoms with Crippen LogP contribution < -0.4 is 0 Å². The molecular weight excluding hydrogens is 601 g/mol. The zero-order valence-electron chi connectivity index (χ0n) is 27.3. The summed E-state index contributed by atoms with van der Waals surface area (Å²) in [4.78, 5) is 19.4. The lowest BCUT2D eigenvalue weighted by Gasteiger charge is -2.57. The maximum atomic E-state index is 6.04. The van der Waals surface area contributed by atoms with Crippen LogP contribution in [0.25, 0.3) is 67.5 Å². The summed E-state index contributed by atoms with van der Waals surface area (Å²) in [5.41, 5.74) is 10.7. The highest BCUT2D eigenvalue weighted by Gasteiger charge is 2.51. The van der Waals surface area contributed by atoms with Crippen molar-refractivity contribution in [2.75, 3.05) is 0 Å². The third-order valence-electron chi connectivity index (χ3n) is 11.5. The number of benzene rings is 5. The molecule has 0 spiro atoms. The molecule has 0 aliphatic heterocycles. The lowest BCUT2D eigenvalue weighted by Crippen LogP contribution is -2.48. The topological polar surface area (TPSA) is 64.7 Å². The molecule has 0 atom stereocenters. The average molecular weight is 637 g/mol. The quantitative estimate of drug-likeness (QED) is 0.182. The van der Waals surface area contributed by atoms with Crippen molar-refractivity contribution in [3.63, 3.8) is 0 Å². The van der Waals surface area contributed by atoms with Gasteiger partial charge in [-0.15, -0.1) is 0 Å². The Morgan fingerprint density at radius 3 is 1.53 bits per heavy atom. The number of rotatable bonds is 6. The lowest BCUT2D eigenvalue weighted by atomic mass is 9.48. The Hall–Kier alpha value is -5.42. The molecular formula is C44H36N4O. The lowest BCUT2D eigenvalue weighted by molar-refractivity contribution is -0.00518. The zero-order chi connectivity index (χ0) is 32.4. The van der Waals surface area contributed by atoms with Gasteiger partial charge in [0.2, 0.25) is 0 Å². The van der Waals surface area contributed by atoms with E-state index in [2.05, 4.69) is 59.6 Å². The van der Waals surface area contributed by atoms with Crippen LogP contribution >= 0.6 is 0 Å². The second-order valence-corrected chi connectivity index (χ2v) is 14.6. The van der Waals surface area contributed by atoms with Crippen LogP contribution in [0.5, 0.6) is 0 Å². The molecule has 5 heteroatoms. The van der Waals surface area contributed by atoms with Gasteiger partial charge in [0.1, 0.15) is 5.52 Å². The number of oxazole rings is 1. The van der Waals surface area contributed by atoms with Crippen LogP contribution in [0.4, 0.5) is 0 Å². The maximum Gasteiger partial charge on any atom is 0.182 e. The van der Waals surface area contributed by atoms with Gasteiger partial charge in [-0.05, 0) is 90.0 Å². The van der Waals surface area contributed by atoms with Gasteiger partial charge in [-0.25, -0.2) is 19.9 Å². The van der Waals surface area contributed by atoms with Crippen LogP contribution in [0.1, 0.15) is 44.1 Å². The summed E-state index contributed by atoms with van der Waals surface area (Å²) in [6.07, 6.45) is 10.2. The normalized spacial score (nSPS) is 22.5. The third kappa shape index (κ3) is 4.99. The van der Waals surface area contributed by atoms with Crippen LogP contribution in [0.3, 0.4) is 0 Å². The average Bonchev–Trinajstić information content (AvgIpc) is 3.65. The summed E-state index contributed by atoms with van der Waals surface area (Å²) in [5, 5.41) is 0. The predicted octanol–water partition coefficient (Wildman–Crippen LogP) is 10.8. The Morgan fingerprint density at radius 2 is 0.959 bits per heavy atom. The number of hydrogen-bond acceptors (Lipinski definition) is 5. The predicted molar refractivity (Wildman–Crippen MR) is 194 cm³/mol. The van der Waals surface area contributed by atoms with E-state index < -0.39 is 0 Å². The van der Waals surface area contributed by atoms with E-state index in [1.54, 1.807) is 5.56 Å². The van der Waals surface area contributed by atoms with Gasteiger partial charge in [0.05, 0.1) is 5.56 Å². The zero-order valence-corrected chi connectivity index (χ0v) is 27.3. The van der Waals surface area contributed by atoms with E-state index in [1.165, 1.54) is 56.0 Å². The molecule has 2 aromatic heterocycles. The molecule has 4 fully saturated rings. The standard InChI is InChI=1S/C44H36N4O/c1-3-7-34(8-4-1)41-46-42(35-9-5-2-6-10-35)48-43(47-41)38-20-19-37(39-40(38)49-27-45-39)33-13-11-31(12-14-33)32-15-17-36(18-16-32)44-24-28-21-29(25-44)23-30(22-28)26-44/h1-20,27-30H,21-26H2. The molecule has 0 radical (unpaired) electrons. The molecule has 11 rings (SSSR count). The van der Waals surface area contributed by atoms with Crippen LogP contribution in [0.2, 0.25) is 0 Å². The third-order valence-corrected chi connectivity index (χ3v) is 11.5. The fraction of sp³-hybridized carbons (Fsp3) is 0.227. The van der Waals surface area contributed by atoms with Crippen LogP contribution in [0.15, 0.2) is 132 Å². The van der Waals surface area contributed by atoms with Gasteiger partial charge in [-0.3, -0.25) is 0 Å². The Morgan fingerprint density at radius 1 is 0.469 bits per heavy atom. The molecule has 7 aromatic rings. The number of hydrogen-bond donors (Lipinski definition) is 0. The molecule has 0 unspecified atom stereocenters. The van der Waals surface area contributed by atoms with Crippen LogP contribution in [0, 0.1) is 17.8 Å². The summed E-state index contributed by atoms with van der Waals surface area (Å²) in [6, 6.07) is 42.5. The molecule has 49 heavy (non-hydrogen) atoms. The van der Waals surface area contributed by atoms with Crippen molar-refractivity contribution in [3.8, 4) is 56.4 Å². The Labute approximate surface area is 286 Å². The second-order valence-electron chi connectivity index (χ2n) is 14.6. The first-order valence-corrected chi connectivity index (χ1v) is 17.6. The molecule has 238 valence electrons. The fourth-order valence-corrected chi connectivity index (χ4v) is 9.61. The summed E-state index contributed by atoms with van der Waals surface area (Å²) in [6.45, 7) is 0. The Kier molecular flexibility index (Phi) is 6.61. The molecule has 4 bridgehead atoms. The van der Waals surface area contributed by atoms with Crippen molar-refractivity contribution in [2.45, 2.75) is 43.9 Å². The van der Waals surface area contributed by atoms with Crippen molar-refractivity contribution < 1.29 is 4.42 Å². The van der Waals surface area contributed by atoms with E-state index in [9.17, 15) is 0 Å². The first kappa shape index (κ1) is 28.6. The largest absolute Gasteiger partial charge is 0.443 e. The highest BCUT2D eigenvalue weighted by Crippen LogP contribution is 2.60. The van der Waals surface area contributed by atoms with E-state index in [1.807, 2.05) is 66.7 Å². The smallest absolute Gasteiger partial charge is 0.182 e. The van der Waals surface area contributed by atoms with Crippen LogP contribution in [-0.2, 0) is 5.41 Å². The maximum absolute atomic E-state index is 6.04. The van der Waals surface area contributed by atoms with E-state index >= 15 is 0 Å².